The first-order valence-corrected chi connectivity index (χ1v) is 13.7. The number of nitrogens with one attached hydrogen (secondary N) is 1. The maximum Gasteiger partial charge on any atom is 0.459 e. The lowest BCUT2D eigenvalue weighted by atomic mass is 9.98. The summed E-state index contributed by atoms with van der Waals surface area (Å²) in [4.78, 5) is 26.9. The van der Waals surface area contributed by atoms with Crippen LogP contribution in [-0.2, 0) is 23.4 Å². The summed E-state index contributed by atoms with van der Waals surface area (Å²) in [6, 6.07) is 7.09. The first kappa shape index (κ1) is 28.8. The van der Waals surface area contributed by atoms with Crippen LogP contribution in [-0.4, -0.2) is 82.3 Å². The molecular weight excluding hydrogens is 534 g/mol. The van der Waals surface area contributed by atoms with E-state index in [-0.39, 0.29) is 5.75 Å². The van der Waals surface area contributed by atoms with E-state index in [9.17, 15) is 14.5 Å². The zero-order valence-electron chi connectivity index (χ0n) is 22.4. The quantitative estimate of drug-likeness (QED) is 0.274. The summed E-state index contributed by atoms with van der Waals surface area (Å²) in [6.07, 6.45) is -2.92. The van der Waals surface area contributed by atoms with Crippen LogP contribution in [0.4, 0.5) is 10.2 Å². The van der Waals surface area contributed by atoms with E-state index in [1.807, 2.05) is 0 Å². The van der Waals surface area contributed by atoms with E-state index >= 15 is 4.39 Å². The smallest absolute Gasteiger partial charge is 0.459 e. The number of para-hydroxylation sites is 1. The van der Waals surface area contributed by atoms with Crippen LogP contribution in [0.3, 0.4) is 0 Å². The molecule has 0 bridgehead atoms. The first-order chi connectivity index (χ1) is 18.4. The summed E-state index contributed by atoms with van der Waals surface area (Å²) in [5.41, 5.74) is -1.56. The number of carbonyl (C=O) groups is 1. The van der Waals surface area contributed by atoms with Crippen molar-refractivity contribution in [3.8, 4) is 5.75 Å². The molecule has 0 spiro atoms. The fraction of sp³-hybridized carbons (Fsp3) is 0.500. The van der Waals surface area contributed by atoms with Crippen molar-refractivity contribution in [2.45, 2.75) is 50.9 Å². The van der Waals surface area contributed by atoms with Crippen LogP contribution in [0.1, 0.15) is 25.9 Å². The fourth-order valence-corrected chi connectivity index (χ4v) is 5.69. The molecule has 0 aliphatic carbocycles. The van der Waals surface area contributed by atoms with E-state index in [1.165, 1.54) is 31.9 Å². The minimum atomic E-state index is -4.24. The molecule has 4 rings (SSSR count). The van der Waals surface area contributed by atoms with Gasteiger partial charge in [0.05, 0.1) is 20.0 Å². The molecule has 1 saturated heterocycles. The summed E-state index contributed by atoms with van der Waals surface area (Å²) >= 11 is 0. The average molecular weight is 567 g/mol. The molecule has 1 aliphatic heterocycles. The number of aliphatic hydroxyl groups is 1. The Kier molecular flexibility index (Phi) is 8.24. The number of methoxy groups -OCH3 is 1. The minimum Gasteiger partial charge on any atom is -0.468 e. The number of esters is 1. The van der Waals surface area contributed by atoms with E-state index in [4.69, 9.17) is 13.8 Å². The van der Waals surface area contributed by atoms with Gasteiger partial charge in [-0.2, -0.15) is 5.09 Å². The number of aromatic nitrogens is 4. The predicted molar refractivity (Wildman–Crippen MR) is 139 cm³/mol. The van der Waals surface area contributed by atoms with Gasteiger partial charge in [-0.15, -0.1) is 0 Å². The van der Waals surface area contributed by atoms with Crippen molar-refractivity contribution in [2.24, 2.45) is 0 Å². The number of rotatable bonds is 10. The molecule has 1 fully saturated rings. The van der Waals surface area contributed by atoms with Crippen LogP contribution in [0.15, 0.2) is 36.7 Å². The minimum absolute atomic E-state index is 0.197. The number of fused-ring (bicyclic) bond motifs is 1. The molecule has 212 valence electrons. The monoisotopic (exact) mass is 566 g/mol. The second-order valence-electron chi connectivity index (χ2n) is 9.51. The highest BCUT2D eigenvalue weighted by Gasteiger charge is 2.56. The third-order valence-corrected chi connectivity index (χ3v) is 7.84. The number of nitrogens with zero attached hydrogens (tertiary/aromatic N) is 5. The van der Waals surface area contributed by atoms with Crippen molar-refractivity contribution in [1.82, 2.24) is 24.6 Å². The van der Waals surface area contributed by atoms with Crippen molar-refractivity contribution in [3.63, 3.8) is 0 Å². The standard InChI is InChI=1S/C24H32FN6O7P/c1-14(22(33)35-6)29-39(34,38-16-10-8-7-9-11-16)36-12-17-19(32)24(3,25)23(37-17)31-13-26-18-20(30(4)5)27-15(2)28-21(18)31/h7-11,13-14,17,19,23,32H,12H2,1-6H3,(H,29,34)/t14-,17-,19-,23-,24-,39-/m1/s1. The molecule has 3 heterocycles. The fourth-order valence-electron chi connectivity index (χ4n) is 4.19. The summed E-state index contributed by atoms with van der Waals surface area (Å²) < 4.78 is 52.7. The van der Waals surface area contributed by atoms with Gasteiger partial charge >= 0.3 is 13.7 Å². The Morgan fingerprint density at radius 1 is 1.33 bits per heavy atom. The molecule has 15 heteroatoms. The molecule has 2 aromatic heterocycles. The van der Waals surface area contributed by atoms with Crippen LogP contribution in [0.25, 0.3) is 11.2 Å². The summed E-state index contributed by atoms with van der Waals surface area (Å²) in [7, 11) is 0.544. The summed E-state index contributed by atoms with van der Waals surface area (Å²) in [5, 5.41) is 13.4. The van der Waals surface area contributed by atoms with Gasteiger partial charge in [-0.05, 0) is 32.9 Å². The topological polar surface area (TPSA) is 150 Å². The van der Waals surface area contributed by atoms with Gasteiger partial charge in [-0.25, -0.2) is 23.9 Å². The Balaban J connectivity index is 1.59. The highest BCUT2D eigenvalue weighted by molar-refractivity contribution is 7.52. The van der Waals surface area contributed by atoms with Gasteiger partial charge in [0.2, 0.25) is 0 Å². The molecule has 0 radical (unpaired) electrons. The number of hydrogen-bond donors (Lipinski definition) is 2. The second-order valence-corrected chi connectivity index (χ2v) is 11.2. The summed E-state index contributed by atoms with van der Waals surface area (Å²) in [6.45, 7) is 3.77. The van der Waals surface area contributed by atoms with Crippen LogP contribution in [0.2, 0.25) is 0 Å². The lowest BCUT2D eigenvalue weighted by Crippen LogP contribution is -2.41. The zero-order valence-corrected chi connectivity index (χ0v) is 23.3. The molecule has 0 saturated carbocycles. The predicted octanol–water partition coefficient (Wildman–Crippen LogP) is 2.54. The van der Waals surface area contributed by atoms with Crippen molar-refractivity contribution >= 4 is 30.7 Å². The Morgan fingerprint density at radius 3 is 2.67 bits per heavy atom. The maximum atomic E-state index is 16.0. The molecule has 3 aromatic rings. The third-order valence-electron chi connectivity index (χ3n) is 6.19. The number of aryl methyl sites for hydroxylation is 1. The van der Waals surface area contributed by atoms with E-state index in [2.05, 4.69) is 24.8 Å². The Bertz CT molecular complexity index is 1370. The van der Waals surface area contributed by atoms with E-state index < -0.39 is 50.5 Å². The second kappa shape index (κ2) is 11.1. The number of anilines is 1. The first-order valence-electron chi connectivity index (χ1n) is 12.1. The van der Waals surface area contributed by atoms with Gasteiger partial charge in [-0.1, -0.05) is 18.2 Å². The average Bonchev–Trinajstić information content (AvgIpc) is 3.39. The molecule has 6 atom stereocenters. The van der Waals surface area contributed by atoms with Gasteiger partial charge in [0.25, 0.3) is 0 Å². The van der Waals surface area contributed by atoms with Crippen LogP contribution < -0.4 is 14.5 Å². The highest BCUT2D eigenvalue weighted by atomic mass is 31.2. The van der Waals surface area contributed by atoms with Gasteiger partial charge in [0, 0.05) is 14.1 Å². The van der Waals surface area contributed by atoms with Gasteiger partial charge in [-0.3, -0.25) is 13.9 Å². The highest BCUT2D eigenvalue weighted by Crippen LogP contribution is 2.48. The number of carbonyl (C=O) groups excluding carboxylic acids is 1. The lowest BCUT2D eigenvalue weighted by Gasteiger charge is -2.25. The van der Waals surface area contributed by atoms with Crippen LogP contribution >= 0.6 is 7.75 Å². The SMILES string of the molecule is COC(=O)[C@@H](C)N[P@@](=O)(OC[C@H]1O[C@@H](n2cnc3c(N(C)C)nc(C)nc32)[C@](C)(F)[C@@H]1O)Oc1ccccc1. The largest absolute Gasteiger partial charge is 0.468 e. The molecule has 39 heavy (non-hydrogen) atoms. The van der Waals surface area contributed by atoms with E-state index in [0.29, 0.717) is 22.8 Å². The number of hydrogen-bond acceptors (Lipinski definition) is 11. The van der Waals surface area contributed by atoms with Crippen molar-refractivity contribution in [2.75, 3.05) is 32.7 Å². The van der Waals surface area contributed by atoms with E-state index in [1.54, 1.807) is 56.3 Å². The van der Waals surface area contributed by atoms with Gasteiger partial charge in [0.15, 0.2) is 28.9 Å². The number of alkyl halides is 1. The molecule has 2 N–H and O–H groups in total. The molecule has 0 unspecified atom stereocenters. The summed E-state index contributed by atoms with van der Waals surface area (Å²) in [5.74, 6) is 0.477. The molecule has 0 amide bonds. The molecule has 1 aliphatic rings. The number of imidazole rings is 1. The number of aliphatic hydroxyl groups excluding tert-OH is 1. The normalized spacial score (nSPS) is 25.3. The number of halogens is 1. The van der Waals surface area contributed by atoms with Crippen LogP contribution in [0.5, 0.6) is 5.75 Å². The van der Waals surface area contributed by atoms with Crippen molar-refractivity contribution in [3.05, 3.63) is 42.5 Å². The Morgan fingerprint density at radius 2 is 2.03 bits per heavy atom. The van der Waals surface area contributed by atoms with Crippen molar-refractivity contribution in [1.29, 1.82) is 0 Å². The zero-order chi connectivity index (χ0) is 28.5. The lowest BCUT2D eigenvalue weighted by molar-refractivity contribution is -0.142. The van der Waals surface area contributed by atoms with E-state index in [0.717, 1.165) is 0 Å². The molecule has 1 aromatic carbocycles. The number of benzene rings is 1. The van der Waals surface area contributed by atoms with Crippen LogP contribution in [0, 0.1) is 6.92 Å². The maximum absolute atomic E-state index is 16.0. The third kappa shape index (κ3) is 5.89. The Hall–Kier alpha value is -3.16. The molecule has 13 nitrogen and oxygen atoms in total. The number of ether oxygens (including phenoxy) is 2. The van der Waals surface area contributed by atoms with Gasteiger partial charge in [0.1, 0.15) is 29.8 Å². The Labute approximate surface area is 224 Å². The molecular formula is C24H32FN6O7P. The van der Waals surface area contributed by atoms with Gasteiger partial charge < -0.3 is 24.0 Å². The van der Waals surface area contributed by atoms with Crippen molar-refractivity contribution < 1.29 is 37.4 Å².